The third kappa shape index (κ3) is 8.95. The number of guanidine groups is 1. The van der Waals surface area contributed by atoms with Gasteiger partial charge < -0.3 is 26.8 Å². The zero-order valence-electron chi connectivity index (χ0n) is 18.5. The van der Waals surface area contributed by atoms with Crippen molar-refractivity contribution in [2.45, 2.75) is 57.4 Å². The molecule has 1 aromatic carbocycles. The van der Waals surface area contributed by atoms with Crippen LogP contribution in [-0.4, -0.2) is 59.4 Å². The van der Waals surface area contributed by atoms with Crippen molar-refractivity contribution >= 4 is 23.7 Å². The normalized spacial score (nSPS) is 17.9. The number of carbonyl (C=O) groups is 3. The second-order valence-corrected chi connectivity index (χ2v) is 8.23. The summed E-state index contributed by atoms with van der Waals surface area (Å²) in [6.45, 7) is 1.45. The van der Waals surface area contributed by atoms with Crippen molar-refractivity contribution in [3.05, 3.63) is 35.9 Å². The second kappa shape index (κ2) is 13.3. The van der Waals surface area contributed by atoms with Crippen LogP contribution in [0.25, 0.3) is 0 Å². The summed E-state index contributed by atoms with van der Waals surface area (Å²) in [5.74, 6) is -1.62. The van der Waals surface area contributed by atoms with E-state index in [9.17, 15) is 14.4 Å². The van der Waals surface area contributed by atoms with Crippen LogP contribution in [0.15, 0.2) is 35.3 Å². The number of carboxylic acids is 1. The molecule has 1 aliphatic rings. The molecule has 32 heavy (non-hydrogen) atoms. The zero-order chi connectivity index (χ0) is 23.3. The van der Waals surface area contributed by atoms with E-state index in [2.05, 4.69) is 10.3 Å². The number of nitrogens with zero attached hydrogens (tertiary/aromatic N) is 2. The Morgan fingerprint density at radius 2 is 1.88 bits per heavy atom. The van der Waals surface area contributed by atoms with Gasteiger partial charge >= 0.3 is 5.97 Å². The summed E-state index contributed by atoms with van der Waals surface area (Å²) in [5, 5.41) is 12.1. The van der Waals surface area contributed by atoms with Gasteiger partial charge in [-0.15, -0.1) is 0 Å². The van der Waals surface area contributed by atoms with Gasteiger partial charge in [-0.1, -0.05) is 36.8 Å². The lowest BCUT2D eigenvalue weighted by Crippen LogP contribution is -2.42. The molecular formula is C23H35N5O4. The van der Waals surface area contributed by atoms with Gasteiger partial charge in [0.25, 0.3) is 0 Å². The number of hydrogen-bond donors (Lipinski definition) is 4. The number of carboxylic acid groups (broad SMARTS) is 1. The van der Waals surface area contributed by atoms with E-state index in [0.717, 1.165) is 32.1 Å². The molecule has 2 amide bonds. The van der Waals surface area contributed by atoms with E-state index in [0.29, 0.717) is 32.5 Å². The fraction of sp³-hybridized carbons (Fsp3) is 0.565. The van der Waals surface area contributed by atoms with Crippen molar-refractivity contribution in [1.29, 1.82) is 0 Å². The monoisotopic (exact) mass is 445 g/mol. The highest BCUT2D eigenvalue weighted by atomic mass is 16.4. The summed E-state index contributed by atoms with van der Waals surface area (Å²) in [6.07, 6.45) is 4.70. The lowest BCUT2D eigenvalue weighted by atomic mass is 10.0. The van der Waals surface area contributed by atoms with Crippen LogP contribution in [0.3, 0.4) is 0 Å². The Labute approximate surface area is 189 Å². The third-order valence-electron chi connectivity index (χ3n) is 5.65. The minimum absolute atomic E-state index is 0.0646. The van der Waals surface area contributed by atoms with Gasteiger partial charge in [-0.3, -0.25) is 19.4 Å². The molecule has 1 aliphatic heterocycles. The first-order valence-corrected chi connectivity index (χ1v) is 11.2. The maximum atomic E-state index is 12.8. The minimum Gasteiger partial charge on any atom is -0.481 e. The molecule has 9 heteroatoms. The standard InChI is InChI=1S/C23H35N5O4/c24-23(25)26-12-6-2-5-11-20(29)27-16-19-14-18(15-21(30)31)22(32)28(19)13-7-10-17-8-3-1-4-9-17/h1,3-4,8-9,18-19H,2,5-7,10-16H2,(H,27,29)(H,30,31)(H4,24,25,26)/t18-,19-/m0/s1. The summed E-state index contributed by atoms with van der Waals surface area (Å²) in [5.41, 5.74) is 11.8. The molecular weight excluding hydrogens is 410 g/mol. The maximum absolute atomic E-state index is 12.8. The number of aliphatic carboxylic acids is 1. The van der Waals surface area contributed by atoms with Crippen LogP contribution in [0.2, 0.25) is 0 Å². The number of likely N-dealkylation sites (tertiary alicyclic amines) is 1. The van der Waals surface area contributed by atoms with Gasteiger partial charge in [0.05, 0.1) is 12.3 Å². The molecule has 2 atom stereocenters. The Morgan fingerprint density at radius 1 is 1.12 bits per heavy atom. The Kier molecular flexibility index (Phi) is 10.5. The number of unbranched alkanes of at least 4 members (excludes halogenated alkanes) is 2. The van der Waals surface area contributed by atoms with Crippen molar-refractivity contribution in [3.8, 4) is 0 Å². The van der Waals surface area contributed by atoms with Crippen LogP contribution in [0.1, 0.15) is 50.5 Å². The summed E-state index contributed by atoms with van der Waals surface area (Å²) in [4.78, 5) is 41.8. The largest absolute Gasteiger partial charge is 0.481 e. The molecule has 0 radical (unpaired) electrons. The summed E-state index contributed by atoms with van der Waals surface area (Å²) < 4.78 is 0. The molecule has 1 saturated heterocycles. The second-order valence-electron chi connectivity index (χ2n) is 8.23. The van der Waals surface area contributed by atoms with Crippen molar-refractivity contribution in [2.75, 3.05) is 19.6 Å². The first kappa shape index (κ1) is 25.2. The van der Waals surface area contributed by atoms with Gasteiger partial charge in [0.2, 0.25) is 11.8 Å². The SMILES string of the molecule is NC(N)=NCCCCCC(=O)NC[C@@H]1C[C@@H](CC(=O)O)C(=O)N1CCCc1ccccc1. The van der Waals surface area contributed by atoms with Crippen molar-refractivity contribution in [1.82, 2.24) is 10.2 Å². The average Bonchev–Trinajstić information content (AvgIpc) is 3.04. The fourth-order valence-corrected chi connectivity index (χ4v) is 4.04. The van der Waals surface area contributed by atoms with Crippen LogP contribution in [-0.2, 0) is 20.8 Å². The van der Waals surface area contributed by atoms with Gasteiger partial charge in [0.15, 0.2) is 5.96 Å². The smallest absolute Gasteiger partial charge is 0.304 e. The number of benzene rings is 1. The summed E-state index contributed by atoms with van der Waals surface area (Å²) in [6, 6.07) is 9.86. The Bertz CT molecular complexity index is 780. The average molecular weight is 446 g/mol. The molecule has 0 unspecified atom stereocenters. The number of nitrogens with one attached hydrogen (secondary N) is 1. The molecule has 176 valence electrons. The predicted molar refractivity (Wildman–Crippen MR) is 123 cm³/mol. The number of carbonyl (C=O) groups excluding carboxylic acids is 2. The number of amides is 2. The first-order valence-electron chi connectivity index (χ1n) is 11.2. The van der Waals surface area contributed by atoms with Gasteiger partial charge in [0, 0.05) is 32.1 Å². The van der Waals surface area contributed by atoms with E-state index in [1.165, 1.54) is 5.56 Å². The number of aryl methyl sites for hydroxylation is 1. The molecule has 6 N–H and O–H groups in total. The number of hydrogen-bond acceptors (Lipinski definition) is 4. The number of aliphatic imine (C=N–C) groups is 1. The molecule has 1 heterocycles. The van der Waals surface area contributed by atoms with Crippen LogP contribution >= 0.6 is 0 Å². The third-order valence-corrected chi connectivity index (χ3v) is 5.65. The van der Waals surface area contributed by atoms with E-state index >= 15 is 0 Å². The molecule has 0 spiro atoms. The van der Waals surface area contributed by atoms with Crippen LogP contribution in [0.4, 0.5) is 0 Å². The highest BCUT2D eigenvalue weighted by Crippen LogP contribution is 2.27. The van der Waals surface area contributed by atoms with E-state index in [4.69, 9.17) is 16.6 Å². The number of nitrogens with two attached hydrogens (primary N) is 2. The molecule has 0 aromatic heterocycles. The Balaban J connectivity index is 1.79. The van der Waals surface area contributed by atoms with Crippen molar-refractivity contribution in [3.63, 3.8) is 0 Å². The van der Waals surface area contributed by atoms with E-state index in [1.54, 1.807) is 4.90 Å². The maximum Gasteiger partial charge on any atom is 0.304 e. The van der Waals surface area contributed by atoms with Gasteiger partial charge in [-0.05, 0) is 37.7 Å². The summed E-state index contributed by atoms with van der Waals surface area (Å²) >= 11 is 0. The van der Waals surface area contributed by atoms with E-state index < -0.39 is 11.9 Å². The molecule has 0 saturated carbocycles. The fourth-order valence-electron chi connectivity index (χ4n) is 4.04. The van der Waals surface area contributed by atoms with Gasteiger partial charge in [0.1, 0.15) is 0 Å². The van der Waals surface area contributed by atoms with Gasteiger partial charge in [-0.25, -0.2) is 0 Å². The molecule has 1 fully saturated rings. The summed E-state index contributed by atoms with van der Waals surface area (Å²) in [7, 11) is 0. The van der Waals surface area contributed by atoms with Crippen LogP contribution in [0, 0.1) is 5.92 Å². The predicted octanol–water partition coefficient (Wildman–Crippen LogP) is 1.26. The molecule has 0 bridgehead atoms. The first-order chi connectivity index (χ1) is 15.4. The molecule has 9 nitrogen and oxygen atoms in total. The van der Waals surface area contributed by atoms with Crippen LogP contribution < -0.4 is 16.8 Å². The molecule has 0 aliphatic carbocycles. The highest BCUT2D eigenvalue weighted by molar-refractivity contribution is 5.85. The van der Waals surface area contributed by atoms with E-state index in [-0.39, 0.29) is 30.2 Å². The van der Waals surface area contributed by atoms with Crippen molar-refractivity contribution < 1.29 is 19.5 Å². The number of rotatable bonds is 14. The quantitative estimate of drug-likeness (QED) is 0.192. The lowest BCUT2D eigenvalue weighted by molar-refractivity contribution is -0.142. The van der Waals surface area contributed by atoms with Crippen LogP contribution in [0.5, 0.6) is 0 Å². The Morgan fingerprint density at radius 3 is 2.56 bits per heavy atom. The lowest BCUT2D eigenvalue weighted by Gasteiger charge is -2.25. The Hall–Kier alpha value is -3.10. The topological polar surface area (TPSA) is 151 Å². The van der Waals surface area contributed by atoms with Crippen molar-refractivity contribution in [2.24, 2.45) is 22.4 Å². The molecule has 2 rings (SSSR count). The minimum atomic E-state index is -0.974. The highest BCUT2D eigenvalue weighted by Gasteiger charge is 2.39. The zero-order valence-corrected chi connectivity index (χ0v) is 18.5. The van der Waals surface area contributed by atoms with Gasteiger partial charge in [-0.2, -0.15) is 0 Å². The molecule has 1 aromatic rings. The van der Waals surface area contributed by atoms with E-state index in [1.807, 2.05) is 30.3 Å².